The van der Waals surface area contributed by atoms with E-state index in [9.17, 15) is 4.79 Å². The van der Waals surface area contributed by atoms with E-state index < -0.39 is 0 Å². The minimum absolute atomic E-state index is 0. The first-order valence-corrected chi connectivity index (χ1v) is 4.91. The Morgan fingerprint density at radius 3 is 3.08 bits per heavy atom. The van der Waals surface area contributed by atoms with Crippen LogP contribution in [0.4, 0.5) is 0 Å². The molecule has 0 saturated carbocycles. The van der Waals surface area contributed by atoms with Crippen molar-refractivity contribution in [1.29, 1.82) is 0 Å². The van der Waals surface area contributed by atoms with Crippen molar-refractivity contribution < 1.29 is 4.79 Å². The van der Waals surface area contributed by atoms with E-state index in [-0.39, 0.29) is 12.4 Å². The van der Waals surface area contributed by atoms with Crippen molar-refractivity contribution in [3.8, 4) is 0 Å². The first-order chi connectivity index (χ1) is 5.33. The molecule has 0 aromatic carbocycles. The van der Waals surface area contributed by atoms with E-state index in [1.807, 2.05) is 22.7 Å². The largest absolute Gasteiger partial charge is 0.326 e. The van der Waals surface area contributed by atoms with E-state index in [0.29, 0.717) is 17.3 Å². The smallest absolute Gasteiger partial charge is 0.226 e. The number of rotatable bonds is 2. The van der Waals surface area contributed by atoms with Crippen molar-refractivity contribution in [2.45, 2.75) is 24.3 Å². The SMILES string of the molecule is C=CCC1CSC2CC(=O)N12.Cl. The van der Waals surface area contributed by atoms with Crippen LogP contribution in [-0.4, -0.2) is 28.0 Å². The lowest BCUT2D eigenvalue weighted by Crippen LogP contribution is -2.51. The molecule has 2 aliphatic heterocycles. The van der Waals surface area contributed by atoms with Gasteiger partial charge < -0.3 is 4.90 Å². The maximum atomic E-state index is 11.1. The van der Waals surface area contributed by atoms with Gasteiger partial charge in [-0.05, 0) is 6.42 Å². The molecule has 2 atom stereocenters. The van der Waals surface area contributed by atoms with Gasteiger partial charge in [-0.2, -0.15) is 0 Å². The minimum Gasteiger partial charge on any atom is -0.326 e. The molecular weight excluding hydrogens is 194 g/mol. The Hall–Kier alpha value is -0.150. The summed E-state index contributed by atoms with van der Waals surface area (Å²) in [6.45, 7) is 3.69. The highest BCUT2D eigenvalue weighted by Crippen LogP contribution is 2.40. The quantitative estimate of drug-likeness (QED) is 0.505. The monoisotopic (exact) mass is 205 g/mol. The van der Waals surface area contributed by atoms with Gasteiger partial charge in [-0.15, -0.1) is 30.7 Å². The molecule has 2 saturated heterocycles. The molecule has 0 spiro atoms. The molecule has 2 nitrogen and oxygen atoms in total. The molecule has 0 radical (unpaired) electrons. The van der Waals surface area contributed by atoms with Gasteiger partial charge in [0, 0.05) is 11.8 Å². The number of thioether (sulfide) groups is 1. The van der Waals surface area contributed by atoms with Crippen molar-refractivity contribution in [2.24, 2.45) is 0 Å². The zero-order valence-corrected chi connectivity index (χ0v) is 8.37. The molecule has 2 rings (SSSR count). The van der Waals surface area contributed by atoms with Crippen LogP contribution < -0.4 is 0 Å². The predicted molar refractivity (Wildman–Crippen MR) is 53.6 cm³/mol. The average molecular weight is 206 g/mol. The van der Waals surface area contributed by atoms with Crippen LogP contribution in [-0.2, 0) is 4.79 Å². The maximum absolute atomic E-state index is 11.1. The Morgan fingerprint density at radius 2 is 2.50 bits per heavy atom. The van der Waals surface area contributed by atoms with Gasteiger partial charge >= 0.3 is 0 Å². The second kappa shape index (κ2) is 3.71. The molecule has 2 fully saturated rings. The van der Waals surface area contributed by atoms with E-state index in [1.165, 1.54) is 0 Å². The van der Waals surface area contributed by atoms with Gasteiger partial charge in [0.15, 0.2) is 0 Å². The van der Waals surface area contributed by atoms with Crippen LogP contribution in [0.15, 0.2) is 12.7 Å². The number of amides is 1. The summed E-state index contributed by atoms with van der Waals surface area (Å²) in [5.74, 6) is 1.43. The molecule has 68 valence electrons. The summed E-state index contributed by atoms with van der Waals surface area (Å²) in [5, 5.41) is 0.507. The van der Waals surface area contributed by atoms with E-state index in [1.54, 1.807) is 0 Å². The van der Waals surface area contributed by atoms with E-state index in [4.69, 9.17) is 0 Å². The number of fused-ring (bicyclic) bond motifs is 1. The minimum atomic E-state index is 0. The van der Waals surface area contributed by atoms with Crippen molar-refractivity contribution in [3.63, 3.8) is 0 Å². The molecule has 12 heavy (non-hydrogen) atoms. The van der Waals surface area contributed by atoms with Gasteiger partial charge in [0.2, 0.25) is 5.91 Å². The Balaban J connectivity index is 0.000000720. The van der Waals surface area contributed by atoms with E-state index in [2.05, 4.69) is 6.58 Å². The van der Waals surface area contributed by atoms with Crippen LogP contribution >= 0.6 is 24.2 Å². The molecule has 2 heterocycles. The summed E-state index contributed by atoms with van der Waals surface area (Å²) in [7, 11) is 0. The molecular formula is C8H12ClNOS. The Labute approximate surface area is 82.8 Å². The van der Waals surface area contributed by atoms with Gasteiger partial charge in [-0.3, -0.25) is 4.79 Å². The van der Waals surface area contributed by atoms with Gasteiger partial charge in [0.1, 0.15) is 0 Å². The van der Waals surface area contributed by atoms with Crippen molar-refractivity contribution >= 4 is 30.1 Å². The molecule has 2 aliphatic rings. The molecule has 0 bridgehead atoms. The highest BCUT2D eigenvalue weighted by Gasteiger charge is 2.45. The van der Waals surface area contributed by atoms with Crippen LogP contribution in [0.1, 0.15) is 12.8 Å². The fourth-order valence-corrected chi connectivity index (χ4v) is 3.11. The first-order valence-electron chi connectivity index (χ1n) is 3.86. The van der Waals surface area contributed by atoms with Crippen LogP contribution in [0.25, 0.3) is 0 Å². The van der Waals surface area contributed by atoms with Crippen LogP contribution in [0.2, 0.25) is 0 Å². The lowest BCUT2D eigenvalue weighted by Gasteiger charge is -2.37. The van der Waals surface area contributed by atoms with Crippen LogP contribution in [0, 0.1) is 0 Å². The summed E-state index contributed by atoms with van der Waals surface area (Å²) in [5.41, 5.74) is 0. The van der Waals surface area contributed by atoms with Gasteiger partial charge in [0.25, 0.3) is 0 Å². The lowest BCUT2D eigenvalue weighted by atomic mass is 10.1. The van der Waals surface area contributed by atoms with Crippen molar-refractivity contribution in [3.05, 3.63) is 12.7 Å². The number of halogens is 1. The van der Waals surface area contributed by atoms with E-state index >= 15 is 0 Å². The molecule has 0 aromatic rings. The Bertz CT molecular complexity index is 209. The summed E-state index contributed by atoms with van der Waals surface area (Å²) >= 11 is 1.90. The number of β-lactam (4-membered cyclic amide) rings is 1. The molecule has 4 heteroatoms. The summed E-state index contributed by atoms with van der Waals surface area (Å²) in [4.78, 5) is 13.1. The lowest BCUT2D eigenvalue weighted by molar-refractivity contribution is -0.143. The fourth-order valence-electron chi connectivity index (χ4n) is 1.66. The highest BCUT2D eigenvalue weighted by molar-refractivity contribution is 8.00. The van der Waals surface area contributed by atoms with Crippen molar-refractivity contribution in [2.75, 3.05) is 5.75 Å². The summed E-state index contributed by atoms with van der Waals surface area (Å²) in [6.07, 6.45) is 3.62. The van der Waals surface area contributed by atoms with Crippen LogP contribution in [0.5, 0.6) is 0 Å². The second-order valence-corrected chi connectivity index (χ2v) is 4.18. The summed E-state index contributed by atoms with van der Waals surface area (Å²) in [6, 6.07) is 0.448. The zero-order chi connectivity index (χ0) is 7.84. The van der Waals surface area contributed by atoms with Gasteiger partial charge in [-0.25, -0.2) is 0 Å². The Kier molecular flexibility index (Phi) is 3.07. The third-order valence-electron chi connectivity index (χ3n) is 2.26. The maximum Gasteiger partial charge on any atom is 0.226 e. The average Bonchev–Trinajstić information content (AvgIpc) is 2.26. The molecule has 0 aromatic heterocycles. The third kappa shape index (κ3) is 1.36. The number of hydrogen-bond acceptors (Lipinski definition) is 2. The van der Waals surface area contributed by atoms with E-state index in [0.717, 1.165) is 18.6 Å². The standard InChI is InChI=1S/C8H11NOS.ClH/c1-2-3-6-5-11-8-4-7(10)9(6)8;/h2,6,8H,1,3-5H2;1H. The van der Waals surface area contributed by atoms with Gasteiger partial charge in [-0.1, -0.05) is 6.08 Å². The molecule has 0 N–H and O–H groups in total. The topological polar surface area (TPSA) is 20.3 Å². The fraction of sp³-hybridized carbons (Fsp3) is 0.625. The van der Waals surface area contributed by atoms with Crippen LogP contribution in [0.3, 0.4) is 0 Å². The summed E-state index contributed by atoms with van der Waals surface area (Å²) < 4.78 is 0. The number of nitrogens with zero attached hydrogens (tertiary/aromatic N) is 1. The first kappa shape index (κ1) is 9.93. The normalized spacial score (nSPS) is 32.0. The number of carbonyl (C=O) groups is 1. The predicted octanol–water partition coefficient (Wildman–Crippen LogP) is 1.66. The second-order valence-electron chi connectivity index (χ2n) is 2.97. The molecule has 1 amide bonds. The van der Waals surface area contributed by atoms with Gasteiger partial charge in [0.05, 0.1) is 11.8 Å². The molecule has 2 unspecified atom stereocenters. The third-order valence-corrected chi connectivity index (χ3v) is 3.62. The zero-order valence-electron chi connectivity index (χ0n) is 6.73. The molecule has 0 aliphatic carbocycles. The van der Waals surface area contributed by atoms with Crippen molar-refractivity contribution in [1.82, 2.24) is 4.90 Å². The number of carbonyl (C=O) groups excluding carboxylic acids is 1. The highest BCUT2D eigenvalue weighted by atomic mass is 35.5. The Morgan fingerprint density at radius 1 is 1.75 bits per heavy atom. The number of hydrogen-bond donors (Lipinski definition) is 0.